The van der Waals surface area contributed by atoms with E-state index in [1.807, 2.05) is 4.90 Å². The molecule has 3 rings (SSSR count). The Bertz CT molecular complexity index is 506. The van der Waals surface area contributed by atoms with Gasteiger partial charge in [0.2, 0.25) is 0 Å². The van der Waals surface area contributed by atoms with Crippen molar-refractivity contribution in [2.45, 2.75) is 18.9 Å². The van der Waals surface area contributed by atoms with Gasteiger partial charge in [-0.1, -0.05) is 0 Å². The molecule has 2 aliphatic heterocycles. The Labute approximate surface area is 123 Å². The molecule has 1 aromatic heterocycles. The zero-order chi connectivity index (χ0) is 14.7. The minimum absolute atomic E-state index is 0.0210. The highest BCUT2D eigenvalue weighted by Gasteiger charge is 2.31. The third-order valence-electron chi connectivity index (χ3n) is 3.99. The molecule has 0 unspecified atom stereocenters. The van der Waals surface area contributed by atoms with Crippen molar-refractivity contribution in [3.8, 4) is 0 Å². The highest BCUT2D eigenvalue weighted by molar-refractivity contribution is 5.94. The van der Waals surface area contributed by atoms with Gasteiger partial charge in [0.15, 0.2) is 0 Å². The van der Waals surface area contributed by atoms with Crippen LogP contribution in [0.3, 0.4) is 0 Å². The minimum atomic E-state index is -0.273. The predicted octanol–water partition coefficient (Wildman–Crippen LogP) is 0.545. The summed E-state index contributed by atoms with van der Waals surface area (Å²) in [6, 6.07) is 3.52. The zero-order valence-corrected chi connectivity index (χ0v) is 11.9. The van der Waals surface area contributed by atoms with Crippen molar-refractivity contribution < 1.29 is 14.3 Å². The molecule has 0 saturated carbocycles. The first kappa shape index (κ1) is 14.0. The van der Waals surface area contributed by atoms with Crippen molar-refractivity contribution >= 4 is 11.8 Å². The van der Waals surface area contributed by atoms with Crippen LogP contribution in [-0.4, -0.2) is 65.5 Å². The number of carbonyl (C=O) groups is 2. The Kier molecular flexibility index (Phi) is 4.15. The first-order chi connectivity index (χ1) is 10.3. The Morgan fingerprint density at radius 1 is 1.19 bits per heavy atom. The van der Waals surface area contributed by atoms with Crippen LogP contribution in [-0.2, 0) is 9.53 Å². The van der Waals surface area contributed by atoms with Crippen LogP contribution in [0.5, 0.6) is 0 Å². The van der Waals surface area contributed by atoms with Crippen LogP contribution >= 0.6 is 0 Å². The highest BCUT2D eigenvalue weighted by atomic mass is 16.5. The molecular formula is C15H19N3O3. The van der Waals surface area contributed by atoms with Crippen molar-refractivity contribution in [1.82, 2.24) is 14.8 Å². The van der Waals surface area contributed by atoms with Gasteiger partial charge in [0.1, 0.15) is 6.10 Å². The maximum Gasteiger partial charge on any atom is 0.255 e. The number of rotatable bonds is 2. The van der Waals surface area contributed by atoms with Gasteiger partial charge < -0.3 is 14.5 Å². The van der Waals surface area contributed by atoms with Crippen LogP contribution in [0, 0.1) is 0 Å². The van der Waals surface area contributed by atoms with E-state index < -0.39 is 0 Å². The van der Waals surface area contributed by atoms with Crippen LogP contribution in [0.25, 0.3) is 0 Å². The lowest BCUT2D eigenvalue weighted by atomic mass is 10.2. The smallest absolute Gasteiger partial charge is 0.255 e. The molecule has 6 nitrogen and oxygen atoms in total. The Morgan fingerprint density at radius 3 is 2.57 bits per heavy atom. The van der Waals surface area contributed by atoms with E-state index in [2.05, 4.69) is 4.98 Å². The molecule has 0 bridgehead atoms. The quantitative estimate of drug-likeness (QED) is 0.797. The van der Waals surface area contributed by atoms with E-state index >= 15 is 0 Å². The standard InChI is InChI=1S/C15H19N3O3/c19-14(12-3-1-5-16-11-12)17-6-8-18(9-7-17)15(20)13-4-2-10-21-13/h1,3,5,11,13H,2,4,6-10H2/t13-/m0/s1. The summed E-state index contributed by atoms with van der Waals surface area (Å²) >= 11 is 0. The molecule has 0 N–H and O–H groups in total. The SMILES string of the molecule is O=C(c1cccnc1)N1CCN(C(=O)[C@@H]2CCCO2)CC1. The largest absolute Gasteiger partial charge is 0.368 e. The third-order valence-corrected chi connectivity index (χ3v) is 3.99. The van der Waals surface area contributed by atoms with Gasteiger partial charge in [-0.3, -0.25) is 14.6 Å². The normalized spacial score (nSPS) is 22.4. The van der Waals surface area contributed by atoms with E-state index in [0.29, 0.717) is 38.3 Å². The Hall–Kier alpha value is -1.95. The van der Waals surface area contributed by atoms with Gasteiger partial charge in [0.25, 0.3) is 11.8 Å². The average Bonchev–Trinajstić information content (AvgIpc) is 3.09. The molecule has 3 heterocycles. The number of piperazine rings is 1. The van der Waals surface area contributed by atoms with Gasteiger partial charge in [-0.25, -0.2) is 0 Å². The molecule has 0 aliphatic carbocycles. The number of pyridine rings is 1. The number of carbonyl (C=O) groups excluding carboxylic acids is 2. The van der Waals surface area contributed by atoms with Crippen molar-refractivity contribution in [3.05, 3.63) is 30.1 Å². The molecule has 0 radical (unpaired) electrons. The molecule has 2 aliphatic rings. The number of nitrogens with zero attached hydrogens (tertiary/aromatic N) is 3. The number of hydrogen-bond acceptors (Lipinski definition) is 4. The van der Waals surface area contributed by atoms with E-state index in [9.17, 15) is 9.59 Å². The van der Waals surface area contributed by atoms with Crippen LogP contribution in [0.2, 0.25) is 0 Å². The second kappa shape index (κ2) is 6.22. The van der Waals surface area contributed by atoms with E-state index in [0.717, 1.165) is 12.8 Å². The van der Waals surface area contributed by atoms with E-state index in [1.165, 1.54) is 0 Å². The van der Waals surface area contributed by atoms with E-state index in [4.69, 9.17) is 4.74 Å². The average molecular weight is 289 g/mol. The lowest BCUT2D eigenvalue weighted by Crippen LogP contribution is -2.52. The lowest BCUT2D eigenvalue weighted by Gasteiger charge is -2.35. The first-order valence-corrected chi connectivity index (χ1v) is 7.35. The molecular weight excluding hydrogens is 270 g/mol. The summed E-state index contributed by atoms with van der Waals surface area (Å²) in [5.41, 5.74) is 0.594. The van der Waals surface area contributed by atoms with Crippen LogP contribution in [0.15, 0.2) is 24.5 Å². The van der Waals surface area contributed by atoms with E-state index in [1.54, 1.807) is 29.4 Å². The van der Waals surface area contributed by atoms with E-state index in [-0.39, 0.29) is 17.9 Å². The Balaban J connectivity index is 1.55. The summed E-state index contributed by atoms with van der Waals surface area (Å²) in [5.74, 6) is 0.0493. The number of aromatic nitrogens is 1. The summed E-state index contributed by atoms with van der Waals surface area (Å²) in [6.07, 6.45) is 4.72. The summed E-state index contributed by atoms with van der Waals surface area (Å²) in [4.78, 5) is 32.1. The van der Waals surface area contributed by atoms with Crippen molar-refractivity contribution in [3.63, 3.8) is 0 Å². The molecule has 1 atom stereocenters. The fraction of sp³-hybridized carbons (Fsp3) is 0.533. The summed E-state index contributed by atoms with van der Waals surface area (Å²) < 4.78 is 5.43. The first-order valence-electron chi connectivity index (χ1n) is 7.35. The zero-order valence-electron chi connectivity index (χ0n) is 11.9. The minimum Gasteiger partial charge on any atom is -0.368 e. The molecule has 112 valence electrons. The highest BCUT2D eigenvalue weighted by Crippen LogP contribution is 2.16. The monoisotopic (exact) mass is 289 g/mol. The van der Waals surface area contributed by atoms with Crippen molar-refractivity contribution in [2.24, 2.45) is 0 Å². The predicted molar refractivity (Wildman–Crippen MR) is 75.7 cm³/mol. The maximum atomic E-state index is 12.3. The van der Waals surface area contributed by atoms with Crippen LogP contribution < -0.4 is 0 Å². The molecule has 21 heavy (non-hydrogen) atoms. The van der Waals surface area contributed by atoms with Gasteiger partial charge in [-0.15, -0.1) is 0 Å². The van der Waals surface area contributed by atoms with Gasteiger partial charge in [-0.05, 0) is 25.0 Å². The molecule has 0 spiro atoms. The molecule has 2 fully saturated rings. The van der Waals surface area contributed by atoms with Gasteiger partial charge in [0, 0.05) is 45.2 Å². The fourth-order valence-electron chi connectivity index (χ4n) is 2.78. The summed E-state index contributed by atoms with van der Waals surface area (Å²) in [6.45, 7) is 2.95. The molecule has 2 amide bonds. The van der Waals surface area contributed by atoms with Crippen LogP contribution in [0.1, 0.15) is 23.2 Å². The third kappa shape index (κ3) is 3.05. The lowest BCUT2D eigenvalue weighted by molar-refractivity contribution is -0.142. The van der Waals surface area contributed by atoms with Gasteiger partial charge >= 0.3 is 0 Å². The molecule has 2 saturated heterocycles. The van der Waals surface area contributed by atoms with Crippen molar-refractivity contribution in [2.75, 3.05) is 32.8 Å². The molecule has 6 heteroatoms. The maximum absolute atomic E-state index is 12.3. The second-order valence-electron chi connectivity index (χ2n) is 5.36. The van der Waals surface area contributed by atoms with Gasteiger partial charge in [0.05, 0.1) is 5.56 Å². The van der Waals surface area contributed by atoms with Crippen molar-refractivity contribution in [1.29, 1.82) is 0 Å². The molecule has 0 aromatic carbocycles. The fourth-order valence-corrected chi connectivity index (χ4v) is 2.78. The molecule has 1 aromatic rings. The number of amides is 2. The van der Waals surface area contributed by atoms with Gasteiger partial charge in [-0.2, -0.15) is 0 Å². The summed E-state index contributed by atoms with van der Waals surface area (Å²) in [7, 11) is 0. The number of ether oxygens (including phenoxy) is 1. The second-order valence-corrected chi connectivity index (χ2v) is 5.36. The van der Waals surface area contributed by atoms with Crippen LogP contribution in [0.4, 0.5) is 0 Å². The Morgan fingerprint density at radius 2 is 1.95 bits per heavy atom. The number of hydrogen-bond donors (Lipinski definition) is 0. The summed E-state index contributed by atoms with van der Waals surface area (Å²) in [5, 5.41) is 0. The topological polar surface area (TPSA) is 62.7 Å².